The third-order valence-corrected chi connectivity index (χ3v) is 3.79. The van der Waals surface area contributed by atoms with E-state index in [0.29, 0.717) is 6.04 Å². The number of ether oxygens (including phenoxy) is 1. The molecule has 3 nitrogen and oxygen atoms in total. The number of nitriles is 1. The van der Waals surface area contributed by atoms with E-state index in [2.05, 4.69) is 12.2 Å². The first-order chi connectivity index (χ1) is 9.28. The summed E-state index contributed by atoms with van der Waals surface area (Å²) in [4.78, 5) is 0. The van der Waals surface area contributed by atoms with E-state index in [1.165, 1.54) is 32.1 Å². The van der Waals surface area contributed by atoms with Crippen LogP contribution in [0.1, 0.15) is 39.0 Å². The van der Waals surface area contributed by atoms with Crippen LogP contribution < -0.4 is 10.1 Å². The van der Waals surface area contributed by atoms with Crippen LogP contribution in [0.3, 0.4) is 0 Å². The summed E-state index contributed by atoms with van der Waals surface area (Å²) in [5, 5.41) is 12.1. The first-order valence-corrected chi connectivity index (χ1v) is 7.14. The molecule has 1 aromatic rings. The second kappa shape index (κ2) is 7.04. The quantitative estimate of drug-likeness (QED) is 0.831. The summed E-state index contributed by atoms with van der Waals surface area (Å²) in [7, 11) is 0. The van der Waals surface area contributed by atoms with Crippen molar-refractivity contribution >= 4 is 5.69 Å². The molecule has 1 aliphatic carbocycles. The number of nitrogens with zero attached hydrogens (tertiary/aromatic N) is 1. The highest BCUT2D eigenvalue weighted by molar-refractivity contribution is 5.47. The van der Waals surface area contributed by atoms with E-state index in [0.717, 1.165) is 17.4 Å². The van der Waals surface area contributed by atoms with Crippen LogP contribution in [0.25, 0.3) is 0 Å². The van der Waals surface area contributed by atoms with Gasteiger partial charge in [-0.1, -0.05) is 19.8 Å². The summed E-state index contributed by atoms with van der Waals surface area (Å²) in [5.41, 5.74) is 1.14. The van der Waals surface area contributed by atoms with Gasteiger partial charge in [0, 0.05) is 11.7 Å². The maximum atomic E-state index is 8.46. The van der Waals surface area contributed by atoms with Crippen molar-refractivity contribution in [2.24, 2.45) is 5.92 Å². The number of benzene rings is 1. The fourth-order valence-corrected chi connectivity index (χ4v) is 2.63. The highest BCUT2D eigenvalue weighted by atomic mass is 16.5. The van der Waals surface area contributed by atoms with Crippen molar-refractivity contribution in [3.8, 4) is 11.8 Å². The van der Waals surface area contributed by atoms with Crippen molar-refractivity contribution in [1.29, 1.82) is 5.26 Å². The molecule has 0 saturated heterocycles. The third kappa shape index (κ3) is 4.48. The highest BCUT2D eigenvalue weighted by Crippen LogP contribution is 2.25. The Labute approximate surface area is 115 Å². The number of rotatable bonds is 4. The maximum absolute atomic E-state index is 8.46. The van der Waals surface area contributed by atoms with E-state index in [4.69, 9.17) is 10.00 Å². The smallest absolute Gasteiger partial charge is 0.174 e. The fourth-order valence-electron chi connectivity index (χ4n) is 2.63. The molecule has 0 heterocycles. The Morgan fingerprint density at radius 3 is 2.74 bits per heavy atom. The Hall–Kier alpha value is -1.69. The molecule has 1 fully saturated rings. The Kier molecular flexibility index (Phi) is 5.09. The minimum atomic E-state index is 0.104. The van der Waals surface area contributed by atoms with Gasteiger partial charge in [-0.3, -0.25) is 0 Å². The van der Waals surface area contributed by atoms with Crippen molar-refractivity contribution in [2.75, 3.05) is 11.9 Å². The number of hydrogen-bond donors (Lipinski definition) is 1. The monoisotopic (exact) mass is 258 g/mol. The van der Waals surface area contributed by atoms with E-state index < -0.39 is 0 Å². The van der Waals surface area contributed by atoms with Crippen LogP contribution >= 0.6 is 0 Å². The van der Waals surface area contributed by atoms with E-state index in [1.54, 1.807) is 0 Å². The highest BCUT2D eigenvalue weighted by Gasteiger charge is 2.15. The van der Waals surface area contributed by atoms with Gasteiger partial charge in [0.15, 0.2) is 6.61 Å². The maximum Gasteiger partial charge on any atom is 0.174 e. The normalized spacial score (nSPS) is 23.2. The second-order valence-corrected chi connectivity index (χ2v) is 5.43. The molecular formula is C16H22N2O. The molecule has 1 aliphatic rings. The van der Waals surface area contributed by atoms with Crippen LogP contribution in [0.5, 0.6) is 5.75 Å². The van der Waals surface area contributed by atoms with Gasteiger partial charge >= 0.3 is 0 Å². The molecule has 1 aromatic carbocycles. The van der Waals surface area contributed by atoms with Crippen molar-refractivity contribution < 1.29 is 4.74 Å². The zero-order chi connectivity index (χ0) is 13.5. The van der Waals surface area contributed by atoms with E-state index in [9.17, 15) is 0 Å². The fraction of sp³-hybridized carbons (Fsp3) is 0.562. The number of hydrogen-bond acceptors (Lipinski definition) is 3. The minimum absolute atomic E-state index is 0.104. The molecule has 0 aromatic heterocycles. The summed E-state index contributed by atoms with van der Waals surface area (Å²) >= 11 is 0. The zero-order valence-electron chi connectivity index (χ0n) is 11.6. The van der Waals surface area contributed by atoms with Crippen molar-refractivity contribution in [1.82, 2.24) is 0 Å². The molecule has 2 atom stereocenters. The van der Waals surface area contributed by atoms with E-state index in [-0.39, 0.29) is 6.61 Å². The number of anilines is 1. The van der Waals surface area contributed by atoms with E-state index in [1.807, 2.05) is 30.3 Å². The summed E-state index contributed by atoms with van der Waals surface area (Å²) < 4.78 is 5.25. The summed E-state index contributed by atoms with van der Waals surface area (Å²) in [6.07, 6.45) is 6.52. The van der Waals surface area contributed by atoms with Gasteiger partial charge in [-0.05, 0) is 49.4 Å². The zero-order valence-corrected chi connectivity index (χ0v) is 11.6. The molecule has 1 saturated carbocycles. The van der Waals surface area contributed by atoms with Gasteiger partial charge in [-0.15, -0.1) is 0 Å². The predicted octanol–water partition coefficient (Wildman–Crippen LogP) is 3.97. The molecule has 0 aliphatic heterocycles. The molecule has 0 bridgehead atoms. The predicted molar refractivity (Wildman–Crippen MR) is 77.2 cm³/mol. The van der Waals surface area contributed by atoms with Gasteiger partial charge < -0.3 is 10.1 Å². The summed E-state index contributed by atoms with van der Waals surface area (Å²) in [6, 6.07) is 10.5. The number of nitrogens with one attached hydrogen (secondary N) is 1. The Morgan fingerprint density at radius 1 is 1.21 bits per heavy atom. The molecule has 0 spiro atoms. The first kappa shape index (κ1) is 13.7. The Bertz CT molecular complexity index is 421. The van der Waals surface area contributed by atoms with Crippen LogP contribution in [0.2, 0.25) is 0 Å². The molecular weight excluding hydrogens is 236 g/mol. The van der Waals surface area contributed by atoms with Crippen LogP contribution in [0.4, 0.5) is 5.69 Å². The molecule has 2 rings (SSSR count). The van der Waals surface area contributed by atoms with Crippen LogP contribution in [0.15, 0.2) is 24.3 Å². The van der Waals surface area contributed by atoms with Crippen LogP contribution in [0, 0.1) is 17.2 Å². The average molecular weight is 258 g/mol. The lowest BCUT2D eigenvalue weighted by Crippen LogP contribution is -2.18. The average Bonchev–Trinajstić information content (AvgIpc) is 2.63. The summed E-state index contributed by atoms with van der Waals surface area (Å²) in [6.45, 7) is 2.46. The van der Waals surface area contributed by atoms with Crippen molar-refractivity contribution in [2.45, 2.75) is 45.1 Å². The van der Waals surface area contributed by atoms with E-state index >= 15 is 0 Å². The molecule has 1 N–H and O–H groups in total. The molecule has 3 heteroatoms. The van der Waals surface area contributed by atoms with Gasteiger partial charge in [0.25, 0.3) is 0 Å². The lowest BCUT2D eigenvalue weighted by atomic mass is 10.0. The van der Waals surface area contributed by atoms with Gasteiger partial charge in [0.1, 0.15) is 11.8 Å². The summed E-state index contributed by atoms with van der Waals surface area (Å²) in [5.74, 6) is 1.62. The Morgan fingerprint density at radius 2 is 2.00 bits per heavy atom. The first-order valence-electron chi connectivity index (χ1n) is 7.14. The molecule has 0 radical (unpaired) electrons. The molecule has 2 unspecified atom stereocenters. The molecule has 0 amide bonds. The second-order valence-electron chi connectivity index (χ2n) is 5.43. The van der Waals surface area contributed by atoms with Crippen LogP contribution in [-0.4, -0.2) is 12.6 Å². The van der Waals surface area contributed by atoms with Gasteiger partial charge in [-0.2, -0.15) is 5.26 Å². The third-order valence-electron chi connectivity index (χ3n) is 3.79. The molecule has 19 heavy (non-hydrogen) atoms. The lowest BCUT2D eigenvalue weighted by molar-refractivity contribution is 0.368. The standard InChI is InChI=1S/C16H22N2O/c1-13-3-2-4-14(6-5-13)18-15-7-9-16(10-8-15)19-12-11-17/h7-10,13-14,18H,2-6,12H2,1H3. The molecule has 102 valence electrons. The van der Waals surface area contributed by atoms with Gasteiger partial charge in [-0.25, -0.2) is 0 Å². The van der Waals surface area contributed by atoms with Gasteiger partial charge in [0.05, 0.1) is 0 Å². The lowest BCUT2D eigenvalue weighted by Gasteiger charge is -2.18. The topological polar surface area (TPSA) is 45.0 Å². The van der Waals surface area contributed by atoms with Crippen LogP contribution in [-0.2, 0) is 0 Å². The Balaban J connectivity index is 1.86. The van der Waals surface area contributed by atoms with Crippen molar-refractivity contribution in [3.63, 3.8) is 0 Å². The van der Waals surface area contributed by atoms with Crippen molar-refractivity contribution in [3.05, 3.63) is 24.3 Å². The SMILES string of the molecule is CC1CCCC(Nc2ccc(OCC#N)cc2)CC1. The minimum Gasteiger partial charge on any atom is -0.479 e. The largest absolute Gasteiger partial charge is 0.479 e. The van der Waals surface area contributed by atoms with Gasteiger partial charge in [0.2, 0.25) is 0 Å².